The first-order chi connectivity index (χ1) is 18.4. The molecule has 0 bridgehead atoms. The summed E-state index contributed by atoms with van der Waals surface area (Å²) in [5, 5.41) is 0. The summed E-state index contributed by atoms with van der Waals surface area (Å²) in [7, 11) is 0. The van der Waals surface area contributed by atoms with Crippen molar-refractivity contribution in [3.05, 3.63) is 120 Å². The number of rotatable bonds is 6. The first-order valence-electron chi connectivity index (χ1n) is 12.0. The highest BCUT2D eigenvalue weighted by Crippen LogP contribution is 2.18. The van der Waals surface area contributed by atoms with Crippen molar-refractivity contribution in [2.75, 3.05) is 0 Å². The van der Waals surface area contributed by atoms with E-state index in [9.17, 15) is 0 Å². The van der Waals surface area contributed by atoms with Crippen molar-refractivity contribution >= 4 is 34.8 Å². The van der Waals surface area contributed by atoms with E-state index in [1.165, 1.54) is 0 Å². The SMILES string of the molecule is C(=Nc1ccccc1)=Nc1ccccc1C#CCCCC#Cc1ccccc1N=C=Nc1ccccc1. The Morgan fingerprint density at radius 2 is 0.838 bits per heavy atom. The number of hydrogen-bond acceptors (Lipinski definition) is 4. The van der Waals surface area contributed by atoms with Crippen molar-refractivity contribution in [1.82, 2.24) is 0 Å². The molecule has 176 valence electrons. The molecule has 0 spiro atoms. The van der Waals surface area contributed by atoms with Crippen molar-refractivity contribution in [2.24, 2.45) is 20.0 Å². The van der Waals surface area contributed by atoms with Crippen LogP contribution in [-0.4, -0.2) is 12.0 Å². The van der Waals surface area contributed by atoms with Gasteiger partial charge in [0.15, 0.2) is 0 Å². The molecule has 0 aliphatic carbocycles. The topological polar surface area (TPSA) is 49.4 Å². The minimum absolute atomic E-state index is 0.744. The monoisotopic (exact) mass is 476 g/mol. The standard InChI is InChI=1S/C33H24N4/c1(2-6-16-28-18-12-14-24-32(28)36-26-34-30-20-8-4-9-21-30)3-7-17-29-19-13-15-25-33(29)37-27-35-31-22-10-5-11-23-31/h4-5,8-15,18-25H,1-3H2. The van der Waals surface area contributed by atoms with Crippen LogP contribution in [0.1, 0.15) is 30.4 Å². The molecule has 0 fully saturated rings. The van der Waals surface area contributed by atoms with E-state index in [1.54, 1.807) is 0 Å². The van der Waals surface area contributed by atoms with Crippen molar-refractivity contribution in [3.63, 3.8) is 0 Å². The maximum absolute atomic E-state index is 4.35. The molecule has 0 heterocycles. The molecule has 0 saturated heterocycles. The van der Waals surface area contributed by atoms with Crippen LogP contribution in [-0.2, 0) is 0 Å². The van der Waals surface area contributed by atoms with Crippen LogP contribution in [0.2, 0.25) is 0 Å². The maximum Gasteiger partial charge on any atom is 0.101 e. The van der Waals surface area contributed by atoms with Crippen LogP contribution >= 0.6 is 0 Å². The molecule has 0 aliphatic rings. The summed E-state index contributed by atoms with van der Waals surface area (Å²) < 4.78 is 0. The second kappa shape index (κ2) is 14.2. The van der Waals surface area contributed by atoms with Gasteiger partial charge in [0.2, 0.25) is 0 Å². The van der Waals surface area contributed by atoms with Gasteiger partial charge in [-0.25, -0.2) is 0 Å². The smallest absolute Gasteiger partial charge is 0.101 e. The second-order valence-electron chi connectivity index (χ2n) is 7.81. The van der Waals surface area contributed by atoms with Gasteiger partial charge in [-0.2, -0.15) is 20.0 Å². The molecule has 4 heteroatoms. The molecule has 0 amide bonds. The van der Waals surface area contributed by atoms with E-state index in [4.69, 9.17) is 0 Å². The summed E-state index contributed by atoms with van der Waals surface area (Å²) in [5.74, 6) is 12.9. The fraction of sp³-hybridized carbons (Fsp3) is 0.0909. The molecule has 4 nitrogen and oxygen atoms in total. The molecular weight excluding hydrogens is 452 g/mol. The van der Waals surface area contributed by atoms with Gasteiger partial charge in [-0.15, -0.1) is 0 Å². The molecule has 0 aliphatic heterocycles. The lowest BCUT2D eigenvalue weighted by molar-refractivity contribution is 0.903. The van der Waals surface area contributed by atoms with Crippen LogP contribution in [0.4, 0.5) is 22.7 Å². The van der Waals surface area contributed by atoms with Crippen LogP contribution in [0.15, 0.2) is 129 Å². The third-order valence-electron chi connectivity index (χ3n) is 5.07. The zero-order chi connectivity index (χ0) is 25.4. The van der Waals surface area contributed by atoms with E-state index in [0.717, 1.165) is 53.1 Å². The predicted octanol–water partition coefficient (Wildman–Crippen LogP) is 8.53. The minimum Gasteiger partial charge on any atom is -0.188 e. The molecule has 0 unspecified atom stereocenters. The quantitative estimate of drug-likeness (QED) is 0.152. The van der Waals surface area contributed by atoms with Gasteiger partial charge in [0.25, 0.3) is 0 Å². The number of aliphatic imine (C=N–C) groups is 4. The van der Waals surface area contributed by atoms with Crippen molar-refractivity contribution in [3.8, 4) is 23.7 Å². The highest BCUT2D eigenvalue weighted by Gasteiger charge is 1.96. The normalized spacial score (nSPS) is 9.30. The average Bonchev–Trinajstić information content (AvgIpc) is 2.95. The number of benzene rings is 4. The van der Waals surface area contributed by atoms with E-state index in [-0.39, 0.29) is 0 Å². The van der Waals surface area contributed by atoms with Crippen LogP contribution in [0, 0.1) is 23.7 Å². The first-order valence-corrected chi connectivity index (χ1v) is 12.0. The summed E-state index contributed by atoms with van der Waals surface area (Å²) in [6, 6.07) is 40.3. The van der Waals surface area contributed by atoms with E-state index in [2.05, 4.69) is 55.7 Å². The van der Waals surface area contributed by atoms with Gasteiger partial charge < -0.3 is 0 Å². The summed E-state index contributed by atoms with van der Waals surface area (Å²) in [5.41, 5.74) is 4.84. The fourth-order valence-electron chi connectivity index (χ4n) is 3.21. The third kappa shape index (κ3) is 8.48. The lowest BCUT2D eigenvalue weighted by Gasteiger charge is -1.95. The minimum atomic E-state index is 0.744. The molecule has 37 heavy (non-hydrogen) atoms. The second-order valence-corrected chi connectivity index (χ2v) is 7.81. The maximum atomic E-state index is 4.35. The van der Waals surface area contributed by atoms with Crippen molar-refractivity contribution in [1.29, 1.82) is 0 Å². The molecule has 4 aromatic carbocycles. The molecule has 0 radical (unpaired) electrons. The first kappa shape index (κ1) is 24.9. The number of unbranched alkanes of at least 4 members (excludes halogenated alkanes) is 2. The van der Waals surface area contributed by atoms with Crippen LogP contribution in [0.3, 0.4) is 0 Å². The molecular formula is C33H24N4. The van der Waals surface area contributed by atoms with E-state index in [1.807, 2.05) is 109 Å². The average molecular weight is 477 g/mol. The zero-order valence-electron chi connectivity index (χ0n) is 20.3. The Morgan fingerprint density at radius 3 is 1.30 bits per heavy atom. The Bertz CT molecular complexity index is 1450. The summed E-state index contributed by atoms with van der Waals surface area (Å²) in [6.45, 7) is 0. The third-order valence-corrected chi connectivity index (χ3v) is 5.07. The van der Waals surface area contributed by atoms with Crippen LogP contribution < -0.4 is 0 Å². The van der Waals surface area contributed by atoms with Crippen LogP contribution in [0.25, 0.3) is 0 Å². The largest absolute Gasteiger partial charge is 0.188 e. The Labute approximate surface area is 217 Å². The number of para-hydroxylation sites is 4. The summed E-state index contributed by atoms with van der Waals surface area (Å²) in [6.07, 6.45) is 2.37. The number of hydrogen-bond donors (Lipinski definition) is 0. The van der Waals surface area contributed by atoms with Gasteiger partial charge in [-0.1, -0.05) is 84.3 Å². The van der Waals surface area contributed by atoms with E-state index in [0.29, 0.717) is 0 Å². The Morgan fingerprint density at radius 1 is 0.432 bits per heavy atom. The summed E-state index contributed by atoms with van der Waals surface area (Å²) in [4.78, 5) is 17.2. The lowest BCUT2D eigenvalue weighted by atomic mass is 10.1. The molecule has 0 saturated carbocycles. The van der Waals surface area contributed by atoms with Gasteiger partial charge in [-0.3, -0.25) is 0 Å². The lowest BCUT2D eigenvalue weighted by Crippen LogP contribution is -1.78. The Balaban J connectivity index is 1.32. The van der Waals surface area contributed by atoms with E-state index < -0.39 is 0 Å². The predicted molar refractivity (Wildman–Crippen MR) is 152 cm³/mol. The molecule has 4 aromatic rings. The van der Waals surface area contributed by atoms with E-state index >= 15 is 0 Å². The Kier molecular flexibility index (Phi) is 9.56. The van der Waals surface area contributed by atoms with Gasteiger partial charge in [0.05, 0.1) is 33.9 Å². The van der Waals surface area contributed by atoms with Gasteiger partial charge in [-0.05, 0) is 55.0 Å². The summed E-state index contributed by atoms with van der Waals surface area (Å²) >= 11 is 0. The van der Waals surface area contributed by atoms with Gasteiger partial charge in [0, 0.05) is 12.8 Å². The molecule has 4 rings (SSSR count). The van der Waals surface area contributed by atoms with Crippen LogP contribution in [0.5, 0.6) is 0 Å². The fourth-order valence-corrected chi connectivity index (χ4v) is 3.21. The number of nitrogens with zero attached hydrogens (tertiary/aromatic N) is 4. The van der Waals surface area contributed by atoms with Gasteiger partial charge in [0.1, 0.15) is 12.0 Å². The van der Waals surface area contributed by atoms with Crippen molar-refractivity contribution < 1.29 is 0 Å². The highest BCUT2D eigenvalue weighted by molar-refractivity contribution is 5.64. The Hall–Kier alpha value is -5.24. The van der Waals surface area contributed by atoms with Crippen molar-refractivity contribution in [2.45, 2.75) is 19.3 Å². The molecule has 0 aromatic heterocycles. The van der Waals surface area contributed by atoms with Gasteiger partial charge >= 0.3 is 0 Å². The molecule has 0 atom stereocenters. The molecule has 0 N–H and O–H groups in total. The zero-order valence-corrected chi connectivity index (χ0v) is 20.3. The highest BCUT2D eigenvalue weighted by atomic mass is 14.8.